The zero-order valence-electron chi connectivity index (χ0n) is 13.6. The number of carboxylic acids is 1. The molecule has 0 spiro atoms. The molecule has 1 aliphatic rings. The fraction of sp³-hybridized carbons (Fsp3) is 0.438. The van der Waals surface area contributed by atoms with Crippen molar-refractivity contribution in [2.75, 3.05) is 19.6 Å². The Morgan fingerprint density at radius 3 is 2.50 bits per heavy atom. The van der Waals surface area contributed by atoms with Gasteiger partial charge < -0.3 is 21.1 Å². The summed E-state index contributed by atoms with van der Waals surface area (Å²) in [5.41, 5.74) is 6.21. The van der Waals surface area contributed by atoms with Crippen LogP contribution in [0.4, 0.5) is 18.0 Å². The highest BCUT2D eigenvalue weighted by Crippen LogP contribution is 2.37. The topological polar surface area (TPSA) is 113 Å². The highest BCUT2D eigenvalue weighted by molar-refractivity contribution is 5.92. The van der Waals surface area contributed by atoms with Gasteiger partial charge in [-0.1, -0.05) is 12.1 Å². The highest BCUT2D eigenvalue weighted by atomic mass is 19.4. The maximum atomic E-state index is 12.9. The van der Waals surface area contributed by atoms with Crippen molar-refractivity contribution < 1.29 is 32.7 Å². The average Bonchev–Trinajstić information content (AvgIpc) is 3.01. The summed E-state index contributed by atoms with van der Waals surface area (Å²) in [7, 11) is 0. The smallest absolute Gasteiger partial charge is 0.394 e. The van der Waals surface area contributed by atoms with Crippen LogP contribution in [0.25, 0.3) is 0 Å². The number of nitrogens with two attached hydrogens (primary N) is 1. The fourth-order valence-electron chi connectivity index (χ4n) is 2.86. The summed E-state index contributed by atoms with van der Waals surface area (Å²) in [6.45, 7) is -1.07. The molecule has 1 saturated heterocycles. The van der Waals surface area contributed by atoms with E-state index in [9.17, 15) is 27.6 Å². The molecular formula is C16H18F3N3O4. The Morgan fingerprint density at radius 1 is 1.27 bits per heavy atom. The maximum Gasteiger partial charge on any atom is 0.394 e. The molecule has 142 valence electrons. The van der Waals surface area contributed by atoms with Crippen LogP contribution in [0.1, 0.15) is 15.9 Å². The zero-order valence-corrected chi connectivity index (χ0v) is 13.6. The van der Waals surface area contributed by atoms with Crippen LogP contribution in [0.3, 0.4) is 0 Å². The molecule has 4 N–H and O–H groups in total. The number of urea groups is 1. The van der Waals surface area contributed by atoms with Gasteiger partial charge in [-0.05, 0) is 24.1 Å². The predicted molar refractivity (Wildman–Crippen MR) is 84.3 cm³/mol. The van der Waals surface area contributed by atoms with Crippen LogP contribution in [0.15, 0.2) is 24.3 Å². The van der Waals surface area contributed by atoms with E-state index in [0.29, 0.717) is 12.0 Å². The number of halogens is 3. The molecule has 0 bridgehead atoms. The van der Waals surface area contributed by atoms with Crippen LogP contribution in [-0.4, -0.2) is 53.7 Å². The number of likely N-dealkylation sites (tertiary alicyclic amines) is 1. The van der Waals surface area contributed by atoms with Crippen molar-refractivity contribution >= 4 is 17.9 Å². The number of amides is 3. The van der Waals surface area contributed by atoms with Crippen LogP contribution < -0.4 is 11.1 Å². The second-order valence-corrected chi connectivity index (χ2v) is 6.04. The minimum absolute atomic E-state index is 0.117. The number of rotatable bonds is 5. The lowest BCUT2D eigenvalue weighted by molar-refractivity contribution is -0.187. The number of hydrogen-bond donors (Lipinski definition) is 3. The van der Waals surface area contributed by atoms with E-state index in [1.165, 1.54) is 6.07 Å². The van der Waals surface area contributed by atoms with Gasteiger partial charge >= 0.3 is 18.2 Å². The van der Waals surface area contributed by atoms with Gasteiger partial charge in [0.1, 0.15) is 0 Å². The first-order valence-electron chi connectivity index (χ1n) is 7.80. The molecule has 2 rings (SSSR count). The summed E-state index contributed by atoms with van der Waals surface area (Å²) in [6.07, 6.45) is -4.35. The number of alkyl halides is 3. The van der Waals surface area contributed by atoms with Crippen LogP contribution in [-0.2, 0) is 11.2 Å². The van der Waals surface area contributed by atoms with Gasteiger partial charge in [-0.3, -0.25) is 9.59 Å². The maximum absolute atomic E-state index is 12.9. The molecule has 7 nitrogen and oxygen atoms in total. The molecule has 26 heavy (non-hydrogen) atoms. The monoisotopic (exact) mass is 373 g/mol. The number of carbonyl (C=O) groups is 3. The predicted octanol–water partition coefficient (Wildman–Crippen LogP) is 1.23. The molecule has 2 atom stereocenters. The number of nitrogens with zero attached hydrogens (tertiary/aromatic N) is 1. The third-order valence-electron chi connectivity index (χ3n) is 4.25. The average molecular weight is 373 g/mol. The second kappa shape index (κ2) is 7.63. The van der Waals surface area contributed by atoms with Crippen molar-refractivity contribution in [3.8, 4) is 0 Å². The lowest BCUT2D eigenvalue weighted by Crippen LogP contribution is -2.40. The third-order valence-corrected chi connectivity index (χ3v) is 4.25. The van der Waals surface area contributed by atoms with E-state index in [2.05, 4.69) is 5.32 Å². The molecule has 0 aliphatic carbocycles. The third kappa shape index (κ3) is 4.64. The van der Waals surface area contributed by atoms with Crippen LogP contribution in [0.5, 0.6) is 0 Å². The molecule has 3 amide bonds. The number of aliphatic carboxylic acids is 1. The molecule has 1 fully saturated rings. The Bertz CT molecular complexity index is 708. The van der Waals surface area contributed by atoms with Crippen molar-refractivity contribution in [3.05, 3.63) is 35.4 Å². The molecule has 1 aromatic carbocycles. The van der Waals surface area contributed by atoms with Crippen LogP contribution in [0, 0.1) is 11.8 Å². The summed E-state index contributed by atoms with van der Waals surface area (Å²) < 4.78 is 38.8. The lowest BCUT2D eigenvalue weighted by Gasteiger charge is -2.18. The van der Waals surface area contributed by atoms with Crippen molar-refractivity contribution in [1.82, 2.24) is 10.2 Å². The van der Waals surface area contributed by atoms with Crippen molar-refractivity contribution in [2.45, 2.75) is 12.6 Å². The minimum atomic E-state index is -4.69. The molecular weight excluding hydrogens is 355 g/mol. The van der Waals surface area contributed by atoms with Crippen molar-refractivity contribution in [1.29, 1.82) is 0 Å². The molecule has 1 aromatic rings. The first kappa shape index (κ1) is 19.5. The van der Waals surface area contributed by atoms with E-state index in [4.69, 9.17) is 10.8 Å². The Kier molecular flexibility index (Phi) is 5.73. The standard InChI is InChI=1S/C16H18F3N3O4/c17-16(18,19)12-8-22(7-11(12)14(24)25)15(26)21-5-4-9-2-1-3-10(6-9)13(20)23/h1-3,6,11-12H,4-5,7-8H2,(H2,20,23)(H,21,26)(H,24,25)/t11-,12-/m1/s1. The SMILES string of the molecule is NC(=O)c1cccc(CCNC(=O)N2C[C@@H](C(F)(F)F)[C@H](C(=O)O)C2)c1. The minimum Gasteiger partial charge on any atom is -0.481 e. The van der Waals surface area contributed by atoms with Gasteiger partial charge in [0.25, 0.3) is 0 Å². The molecule has 10 heteroatoms. The normalized spacial score (nSPS) is 20.0. The van der Waals surface area contributed by atoms with E-state index in [1.54, 1.807) is 18.2 Å². The van der Waals surface area contributed by atoms with E-state index in [-0.39, 0.29) is 6.54 Å². The first-order chi connectivity index (χ1) is 12.1. The lowest BCUT2D eigenvalue weighted by atomic mass is 9.96. The Morgan fingerprint density at radius 2 is 1.96 bits per heavy atom. The van der Waals surface area contributed by atoms with Crippen molar-refractivity contribution in [3.63, 3.8) is 0 Å². The van der Waals surface area contributed by atoms with E-state index < -0.39 is 49.0 Å². The highest BCUT2D eigenvalue weighted by Gasteiger charge is 2.53. The summed E-state index contributed by atoms with van der Waals surface area (Å²) in [5, 5.41) is 11.4. The van der Waals surface area contributed by atoms with Gasteiger partial charge in [0.15, 0.2) is 0 Å². The number of carbonyl (C=O) groups excluding carboxylic acids is 2. The summed E-state index contributed by atoms with van der Waals surface area (Å²) in [4.78, 5) is 35.0. The summed E-state index contributed by atoms with van der Waals surface area (Å²) in [6, 6.07) is 5.69. The molecule has 0 radical (unpaired) electrons. The molecule has 0 saturated carbocycles. The van der Waals surface area contributed by atoms with Gasteiger partial charge in [0.05, 0.1) is 11.8 Å². The van der Waals surface area contributed by atoms with E-state index >= 15 is 0 Å². The number of benzene rings is 1. The van der Waals surface area contributed by atoms with Crippen LogP contribution in [0.2, 0.25) is 0 Å². The van der Waals surface area contributed by atoms with Crippen LogP contribution >= 0.6 is 0 Å². The quantitative estimate of drug-likeness (QED) is 0.721. The van der Waals surface area contributed by atoms with Gasteiger partial charge in [0, 0.05) is 25.2 Å². The van der Waals surface area contributed by atoms with E-state index in [0.717, 1.165) is 10.5 Å². The number of primary amides is 1. The second-order valence-electron chi connectivity index (χ2n) is 6.04. The Labute approximate surface area is 146 Å². The van der Waals surface area contributed by atoms with E-state index in [1.807, 2.05) is 0 Å². The van der Waals surface area contributed by atoms with Gasteiger partial charge in [-0.15, -0.1) is 0 Å². The molecule has 0 unspecified atom stereocenters. The van der Waals surface area contributed by atoms with Gasteiger partial charge in [-0.25, -0.2) is 4.79 Å². The fourth-order valence-corrected chi connectivity index (χ4v) is 2.86. The Hall–Kier alpha value is -2.78. The van der Waals surface area contributed by atoms with Crippen molar-refractivity contribution in [2.24, 2.45) is 17.6 Å². The van der Waals surface area contributed by atoms with Gasteiger partial charge in [0.2, 0.25) is 5.91 Å². The van der Waals surface area contributed by atoms with Gasteiger partial charge in [-0.2, -0.15) is 13.2 Å². The largest absolute Gasteiger partial charge is 0.481 e. The summed E-state index contributed by atoms with van der Waals surface area (Å²) >= 11 is 0. The molecule has 1 heterocycles. The first-order valence-corrected chi connectivity index (χ1v) is 7.80. The number of nitrogens with one attached hydrogen (secondary N) is 1. The summed E-state index contributed by atoms with van der Waals surface area (Å²) in [5.74, 6) is -5.93. The zero-order chi connectivity index (χ0) is 19.5. The molecule has 1 aliphatic heterocycles. The number of carboxylic acid groups (broad SMARTS) is 1. The Balaban J connectivity index is 1.91. The number of hydrogen-bond acceptors (Lipinski definition) is 3. The molecule has 0 aromatic heterocycles.